The van der Waals surface area contributed by atoms with Crippen LogP contribution in [-0.2, 0) is 15.9 Å². The molecular weight excluding hydrogens is 767 g/mol. The van der Waals surface area contributed by atoms with Crippen molar-refractivity contribution >= 4 is 41.4 Å². The minimum atomic E-state index is -0.106. The summed E-state index contributed by atoms with van der Waals surface area (Å²) in [5.41, 5.74) is 0.0695. The van der Waals surface area contributed by atoms with Crippen molar-refractivity contribution in [3.8, 4) is 0 Å². The molecule has 274 valence electrons. The quantitative estimate of drug-likeness (QED) is 0.144. The maximum absolute atomic E-state index is 14.4. The van der Waals surface area contributed by atoms with Gasteiger partial charge >= 0.3 is 35.0 Å². The van der Waals surface area contributed by atoms with Gasteiger partial charge in [0.25, 0.3) is 0 Å². The molecule has 5 nitrogen and oxygen atoms in total. The van der Waals surface area contributed by atoms with Gasteiger partial charge in [-0.05, 0) is 102 Å². The first-order valence-corrected chi connectivity index (χ1v) is 22.5. The van der Waals surface area contributed by atoms with Gasteiger partial charge in [-0.2, -0.15) is 0 Å². The zero-order valence-electron chi connectivity index (χ0n) is 30.3. The number of pyridine rings is 1. The van der Waals surface area contributed by atoms with Crippen molar-refractivity contribution in [1.29, 1.82) is 0 Å². The van der Waals surface area contributed by atoms with Gasteiger partial charge in [0.15, 0.2) is 0 Å². The third-order valence-electron chi connectivity index (χ3n) is 11.4. The number of nitrogens with zero attached hydrogens (tertiary/aromatic N) is 3. The number of hydrogen-bond acceptors (Lipinski definition) is 3. The van der Waals surface area contributed by atoms with Crippen LogP contribution in [0.2, 0.25) is 5.02 Å². The number of hydrogen-bond donors (Lipinski definition) is 0. The predicted molar refractivity (Wildman–Crippen MR) is 203 cm³/mol. The molecular formula is C40H55Cl3N3O2Pd-. The van der Waals surface area contributed by atoms with E-state index in [1.807, 2.05) is 24.3 Å². The van der Waals surface area contributed by atoms with Crippen LogP contribution in [-0.4, -0.2) is 14.1 Å². The van der Waals surface area contributed by atoms with Gasteiger partial charge in [-0.15, -0.1) is 0 Å². The molecule has 2 heterocycles. The number of aromatic nitrogens is 3. The van der Waals surface area contributed by atoms with E-state index in [0.29, 0.717) is 73.8 Å². The summed E-state index contributed by atoms with van der Waals surface area (Å²) in [5.74, 6) is 4.04. The van der Waals surface area contributed by atoms with E-state index in [2.05, 4.69) is 75.8 Å². The van der Waals surface area contributed by atoms with Gasteiger partial charge in [0, 0.05) is 35.2 Å². The van der Waals surface area contributed by atoms with Gasteiger partial charge in [0.05, 0.1) is 5.02 Å². The zero-order valence-corrected chi connectivity index (χ0v) is 34.1. The summed E-state index contributed by atoms with van der Waals surface area (Å²) in [6.07, 6.45) is 12.8. The van der Waals surface area contributed by atoms with Crippen molar-refractivity contribution in [2.24, 2.45) is 47.3 Å². The number of benzene rings is 1. The van der Waals surface area contributed by atoms with Gasteiger partial charge in [-0.25, -0.2) is 0 Å². The average Bonchev–Trinajstić information content (AvgIpc) is 3.48. The van der Waals surface area contributed by atoms with E-state index in [1.54, 1.807) is 24.5 Å². The summed E-state index contributed by atoms with van der Waals surface area (Å²) in [7, 11) is 9.63. The van der Waals surface area contributed by atoms with Gasteiger partial charge in [0.1, 0.15) is 10.9 Å². The molecule has 4 aliphatic rings. The molecule has 6 rings (SSSR count). The Labute approximate surface area is 314 Å². The summed E-state index contributed by atoms with van der Waals surface area (Å²) in [5, 5.41) is 3.16. The van der Waals surface area contributed by atoms with Crippen LogP contribution in [0.3, 0.4) is 0 Å². The van der Waals surface area contributed by atoms with Crippen LogP contribution in [0, 0.1) is 58.0 Å². The van der Waals surface area contributed by atoms with Gasteiger partial charge in [0.2, 0.25) is 0 Å². The van der Waals surface area contributed by atoms with Crippen molar-refractivity contribution in [1.82, 2.24) is 14.1 Å². The second-order valence-electron chi connectivity index (χ2n) is 15.5. The van der Waals surface area contributed by atoms with Crippen molar-refractivity contribution in [2.75, 3.05) is 0 Å². The molecule has 3 aliphatic carbocycles. The maximum atomic E-state index is 14.4. The fourth-order valence-electron chi connectivity index (χ4n) is 9.10. The summed E-state index contributed by atoms with van der Waals surface area (Å²) in [4.78, 5) is 32.6. The number of fused-ring (bicyclic) bond motifs is 1. The SMILES string of the molecule is CC(C)C1CCCC(C(C)C)C1n1[cH-]n(C2C(C(C)C)CCCC2C(C)C)c2c(=O)c3ccccc3c(=O)c1=2.Clc1cccnc1.[Cl][Pd][Cl]. The third kappa shape index (κ3) is 8.92. The monoisotopic (exact) mass is 820 g/mol. The summed E-state index contributed by atoms with van der Waals surface area (Å²) < 4.78 is 4.70. The molecule has 0 radical (unpaired) electrons. The first-order chi connectivity index (χ1) is 23.3. The first kappa shape index (κ1) is 40.2. The predicted octanol–water partition coefficient (Wildman–Crippen LogP) is 11.3. The topological polar surface area (TPSA) is 56.9 Å². The van der Waals surface area contributed by atoms with E-state index >= 15 is 0 Å². The first-order valence-electron chi connectivity index (χ1n) is 18.1. The Bertz CT molecular complexity index is 1660. The zero-order chi connectivity index (χ0) is 36.0. The molecule has 1 aromatic carbocycles. The van der Waals surface area contributed by atoms with E-state index < -0.39 is 0 Å². The normalized spacial score (nSPS) is 24.4. The molecule has 0 bridgehead atoms. The fraction of sp³-hybridized carbons (Fsp3) is 0.600. The number of halogens is 3. The molecule has 2 fully saturated rings. The van der Waals surface area contributed by atoms with Crippen molar-refractivity contribution < 1.29 is 15.9 Å². The second kappa shape index (κ2) is 18.3. The van der Waals surface area contributed by atoms with Crippen LogP contribution in [0.5, 0.6) is 0 Å². The van der Waals surface area contributed by atoms with E-state index in [4.69, 9.17) is 30.7 Å². The Morgan fingerprint density at radius 2 is 1.04 bits per heavy atom. The Kier molecular flexibility index (Phi) is 15.0. The molecule has 1 aliphatic heterocycles. The summed E-state index contributed by atoms with van der Waals surface area (Å²) in [6, 6.07) is 11.6. The molecule has 0 N–H and O–H groups in total. The molecule has 49 heavy (non-hydrogen) atoms. The standard InChI is InChI=1S/C35H51N2O2.C5H4ClN.2ClH.Pd/c1-20(2)24-15-11-16-25(21(3)4)30(24)36-19-37(31-26(22(5)6)17-12-18-27(31)23(7)8)33-32(36)34(38)28-13-9-10-14-29(28)35(33)39;6-5-2-1-3-7-4-5;;;/h9-10,13-14,19-27,30-31H,11-12,15-18H2,1-8H3;1-4H;2*1H;/q-1;;;;+2/p-2. The Morgan fingerprint density at radius 1 is 0.673 bits per heavy atom. The van der Waals surface area contributed by atoms with Gasteiger partial charge < -0.3 is 18.7 Å². The molecule has 0 saturated heterocycles. The van der Waals surface area contributed by atoms with Crippen LogP contribution in [0.15, 0.2) is 64.7 Å². The summed E-state index contributed by atoms with van der Waals surface area (Å²) in [6.45, 7) is 18.8. The van der Waals surface area contributed by atoms with Gasteiger partial charge in [-0.3, -0.25) is 4.98 Å². The molecule has 0 spiro atoms. The summed E-state index contributed by atoms with van der Waals surface area (Å²) >= 11 is 5.37. The van der Waals surface area contributed by atoms with Crippen LogP contribution in [0.4, 0.5) is 0 Å². The van der Waals surface area contributed by atoms with Crippen LogP contribution in [0.1, 0.15) is 106 Å². The minimum absolute atomic E-state index is 0.0348. The van der Waals surface area contributed by atoms with E-state index in [0.717, 1.165) is 0 Å². The molecule has 4 atom stereocenters. The van der Waals surface area contributed by atoms with Gasteiger partial charge in [-0.1, -0.05) is 104 Å². The number of rotatable bonds is 6. The molecule has 2 aromatic rings. The van der Waals surface area contributed by atoms with Crippen LogP contribution < -0.4 is 10.9 Å². The van der Waals surface area contributed by atoms with E-state index in [9.17, 15) is 9.59 Å². The Hall–Kier alpha value is -1.55. The van der Waals surface area contributed by atoms with E-state index in [1.165, 1.54) is 38.5 Å². The Morgan fingerprint density at radius 3 is 1.31 bits per heavy atom. The van der Waals surface area contributed by atoms with Crippen LogP contribution in [0.25, 0.3) is 10.8 Å². The Balaban J connectivity index is 0.000000469. The van der Waals surface area contributed by atoms with E-state index in [-0.39, 0.29) is 38.9 Å². The average molecular weight is 823 g/mol. The fourth-order valence-corrected chi connectivity index (χ4v) is 9.23. The van der Waals surface area contributed by atoms with Crippen molar-refractivity contribution in [2.45, 2.75) is 106 Å². The molecule has 0 amide bonds. The van der Waals surface area contributed by atoms with Crippen LogP contribution >= 0.6 is 30.7 Å². The van der Waals surface area contributed by atoms with Crippen molar-refractivity contribution in [3.05, 3.63) is 91.3 Å². The molecule has 2 saturated carbocycles. The molecule has 1 aromatic heterocycles. The van der Waals surface area contributed by atoms with Crippen molar-refractivity contribution in [3.63, 3.8) is 0 Å². The third-order valence-corrected chi connectivity index (χ3v) is 11.7. The molecule has 9 heteroatoms. The molecule has 4 unspecified atom stereocenters. The second-order valence-corrected chi connectivity index (χ2v) is 18.3.